The Labute approximate surface area is 196 Å². The number of hydrogen-bond donors (Lipinski definition) is 2. The van der Waals surface area contributed by atoms with E-state index >= 15 is 0 Å². The average Bonchev–Trinajstić information content (AvgIpc) is 2.78. The maximum absolute atomic E-state index is 13.4. The summed E-state index contributed by atoms with van der Waals surface area (Å²) in [6.07, 6.45) is 10.4. The predicted molar refractivity (Wildman–Crippen MR) is 133 cm³/mol. The molecule has 2 aromatic carbocycles. The van der Waals surface area contributed by atoms with Crippen molar-refractivity contribution in [2.24, 2.45) is 23.7 Å². The zero-order valence-corrected chi connectivity index (χ0v) is 19.4. The smallest absolute Gasteiger partial charge is 0.167 e. The molecule has 2 N–H and O–H groups in total. The third-order valence-corrected chi connectivity index (χ3v) is 6.36. The fourth-order valence-electron chi connectivity index (χ4n) is 4.50. The lowest BCUT2D eigenvalue weighted by atomic mass is 9.67. The second-order valence-electron chi connectivity index (χ2n) is 9.17. The molecule has 2 aromatic rings. The van der Waals surface area contributed by atoms with E-state index in [9.17, 15) is 19.8 Å². The first-order valence-electron chi connectivity index (χ1n) is 11.4. The van der Waals surface area contributed by atoms with Gasteiger partial charge in [-0.1, -0.05) is 61.9 Å². The number of ketones is 2. The van der Waals surface area contributed by atoms with Gasteiger partial charge in [0.2, 0.25) is 0 Å². The number of rotatable bonds is 8. The van der Waals surface area contributed by atoms with Gasteiger partial charge in [0.25, 0.3) is 0 Å². The summed E-state index contributed by atoms with van der Waals surface area (Å²) < 4.78 is 0. The minimum absolute atomic E-state index is 0.160. The second-order valence-corrected chi connectivity index (χ2v) is 9.17. The van der Waals surface area contributed by atoms with Gasteiger partial charge in [0.15, 0.2) is 11.6 Å². The summed E-state index contributed by atoms with van der Waals surface area (Å²) in [6.45, 7) is 6.36. The maximum atomic E-state index is 13.4. The van der Waals surface area contributed by atoms with E-state index < -0.39 is 5.92 Å². The van der Waals surface area contributed by atoms with E-state index in [1.54, 1.807) is 60.7 Å². The Bertz CT molecular complexity index is 988. The summed E-state index contributed by atoms with van der Waals surface area (Å²) in [5.74, 6) is -0.473. The highest BCUT2D eigenvalue weighted by molar-refractivity contribution is 6.14. The lowest BCUT2D eigenvalue weighted by molar-refractivity contribution is -0.130. The number of hydrogen-bond acceptors (Lipinski definition) is 4. The van der Waals surface area contributed by atoms with E-state index in [2.05, 4.69) is 26.8 Å². The molecule has 0 aliphatic heterocycles. The van der Waals surface area contributed by atoms with Gasteiger partial charge in [-0.2, -0.15) is 0 Å². The molecular formula is C29H32O4. The van der Waals surface area contributed by atoms with Gasteiger partial charge in [-0.25, -0.2) is 0 Å². The van der Waals surface area contributed by atoms with Crippen LogP contribution in [0.1, 0.15) is 44.7 Å². The van der Waals surface area contributed by atoms with Crippen molar-refractivity contribution in [2.45, 2.75) is 33.6 Å². The van der Waals surface area contributed by atoms with Crippen molar-refractivity contribution in [3.05, 3.63) is 83.5 Å². The molecule has 4 heteroatoms. The highest BCUT2D eigenvalue weighted by Crippen LogP contribution is 2.39. The summed E-state index contributed by atoms with van der Waals surface area (Å²) in [4.78, 5) is 26.8. The van der Waals surface area contributed by atoms with Crippen LogP contribution in [0.15, 0.2) is 72.3 Å². The number of aromatic hydroxyl groups is 2. The summed E-state index contributed by atoms with van der Waals surface area (Å²) in [7, 11) is 0. The third kappa shape index (κ3) is 6.55. The zero-order valence-electron chi connectivity index (χ0n) is 19.4. The van der Waals surface area contributed by atoms with Crippen LogP contribution in [0.4, 0.5) is 0 Å². The lowest BCUT2D eigenvalue weighted by Crippen LogP contribution is -2.36. The topological polar surface area (TPSA) is 74.6 Å². The highest BCUT2D eigenvalue weighted by Gasteiger charge is 2.38. The van der Waals surface area contributed by atoms with Crippen LogP contribution in [0.5, 0.6) is 11.5 Å². The molecule has 0 spiro atoms. The van der Waals surface area contributed by atoms with Crippen molar-refractivity contribution in [3.63, 3.8) is 0 Å². The van der Waals surface area contributed by atoms with Crippen molar-refractivity contribution in [1.29, 1.82) is 0 Å². The van der Waals surface area contributed by atoms with Crippen molar-refractivity contribution in [3.8, 4) is 11.5 Å². The van der Waals surface area contributed by atoms with Crippen LogP contribution < -0.4 is 0 Å². The van der Waals surface area contributed by atoms with Gasteiger partial charge < -0.3 is 10.2 Å². The van der Waals surface area contributed by atoms with Gasteiger partial charge in [-0.05, 0) is 85.1 Å². The minimum Gasteiger partial charge on any atom is -0.508 e. The van der Waals surface area contributed by atoms with Crippen LogP contribution in [0.2, 0.25) is 0 Å². The molecule has 0 saturated heterocycles. The van der Waals surface area contributed by atoms with E-state index in [-0.39, 0.29) is 34.9 Å². The van der Waals surface area contributed by atoms with Crippen molar-refractivity contribution in [1.82, 2.24) is 0 Å². The number of carbonyl (C=O) groups excluding carboxylic acids is 2. The maximum Gasteiger partial charge on any atom is 0.167 e. The van der Waals surface area contributed by atoms with Crippen LogP contribution in [0, 0.1) is 23.7 Å². The van der Waals surface area contributed by atoms with Gasteiger partial charge in [-0.15, -0.1) is 0 Å². The van der Waals surface area contributed by atoms with Crippen LogP contribution in [-0.4, -0.2) is 21.8 Å². The SMILES string of the molecule is CC1=C[C@H](C(C(=O)/C=C/c2ccc(O)cc2)C(=O)/C=C/c2ccc(O)cc2)C(C(C)C)CC1. The van der Waals surface area contributed by atoms with E-state index in [0.29, 0.717) is 5.92 Å². The molecule has 3 rings (SSSR count). The van der Waals surface area contributed by atoms with Crippen LogP contribution >= 0.6 is 0 Å². The second kappa shape index (κ2) is 11.0. The Morgan fingerprint density at radius 3 is 1.73 bits per heavy atom. The van der Waals surface area contributed by atoms with Crippen LogP contribution in [-0.2, 0) is 9.59 Å². The van der Waals surface area contributed by atoms with E-state index in [0.717, 1.165) is 24.0 Å². The Kier molecular flexibility index (Phi) is 8.05. The molecule has 0 fully saturated rings. The number of phenols is 2. The predicted octanol–water partition coefficient (Wildman–Crippen LogP) is 6.21. The molecule has 2 atom stereocenters. The molecule has 33 heavy (non-hydrogen) atoms. The molecule has 0 aromatic heterocycles. The Morgan fingerprint density at radius 2 is 1.30 bits per heavy atom. The summed E-state index contributed by atoms with van der Waals surface area (Å²) in [5.41, 5.74) is 2.78. The standard InChI is InChI=1S/C29H32O4/c1-19(2)25-15-4-20(3)18-26(25)29(27(32)16-9-21-5-11-23(30)12-6-21)28(33)17-10-22-7-13-24(31)14-8-22/h5-14,16-19,25-26,29-31H,4,15H2,1-3H3/b16-9+,17-10+/t25?,26-/m0/s1. The van der Waals surface area contributed by atoms with Crippen LogP contribution in [0.25, 0.3) is 12.2 Å². The molecule has 1 unspecified atom stereocenters. The number of carbonyl (C=O) groups is 2. The molecular weight excluding hydrogens is 412 g/mol. The van der Waals surface area contributed by atoms with Crippen molar-refractivity contribution >= 4 is 23.7 Å². The fourth-order valence-corrected chi connectivity index (χ4v) is 4.50. The molecule has 1 aliphatic carbocycles. The highest BCUT2D eigenvalue weighted by atomic mass is 16.3. The molecule has 0 saturated carbocycles. The lowest BCUT2D eigenvalue weighted by Gasteiger charge is -2.36. The van der Waals surface area contributed by atoms with Gasteiger partial charge >= 0.3 is 0 Å². The van der Waals surface area contributed by atoms with E-state index in [1.807, 2.05) is 0 Å². The Morgan fingerprint density at radius 1 is 0.848 bits per heavy atom. The van der Waals surface area contributed by atoms with E-state index in [1.165, 1.54) is 17.7 Å². The van der Waals surface area contributed by atoms with Gasteiger partial charge in [-0.3, -0.25) is 9.59 Å². The van der Waals surface area contributed by atoms with Crippen molar-refractivity contribution in [2.75, 3.05) is 0 Å². The average molecular weight is 445 g/mol. The van der Waals surface area contributed by atoms with Gasteiger partial charge in [0.1, 0.15) is 11.5 Å². The Hall–Kier alpha value is -3.40. The molecule has 0 radical (unpaired) electrons. The third-order valence-electron chi connectivity index (χ3n) is 6.36. The van der Waals surface area contributed by atoms with Crippen molar-refractivity contribution < 1.29 is 19.8 Å². The largest absolute Gasteiger partial charge is 0.508 e. The molecule has 1 aliphatic rings. The number of allylic oxidation sites excluding steroid dienone is 4. The molecule has 4 nitrogen and oxygen atoms in total. The quantitative estimate of drug-likeness (QED) is 0.288. The van der Waals surface area contributed by atoms with Gasteiger partial charge in [0, 0.05) is 0 Å². The first-order valence-corrected chi connectivity index (χ1v) is 11.4. The zero-order chi connectivity index (χ0) is 24.0. The molecule has 172 valence electrons. The monoisotopic (exact) mass is 444 g/mol. The van der Waals surface area contributed by atoms with Crippen LogP contribution in [0.3, 0.4) is 0 Å². The number of benzene rings is 2. The first kappa shape index (κ1) is 24.2. The summed E-state index contributed by atoms with van der Waals surface area (Å²) in [6, 6.07) is 13.2. The fraction of sp³-hybridized carbons (Fsp3) is 0.310. The molecule has 0 heterocycles. The first-order chi connectivity index (χ1) is 15.7. The molecule has 0 bridgehead atoms. The van der Waals surface area contributed by atoms with Gasteiger partial charge in [0.05, 0.1) is 5.92 Å². The summed E-state index contributed by atoms with van der Waals surface area (Å²) >= 11 is 0. The normalized spacial score (nSPS) is 18.9. The minimum atomic E-state index is -0.797. The Balaban J connectivity index is 1.93. The summed E-state index contributed by atoms with van der Waals surface area (Å²) in [5, 5.41) is 19.0. The molecule has 0 amide bonds. The van der Waals surface area contributed by atoms with E-state index in [4.69, 9.17) is 0 Å². The number of phenolic OH excluding ortho intramolecular Hbond substituents is 2.